The number of ether oxygens (including phenoxy) is 1. The molecule has 0 atom stereocenters. The van der Waals surface area contributed by atoms with Gasteiger partial charge in [-0.3, -0.25) is 19.8 Å². The molecule has 0 aromatic heterocycles. The molecule has 0 radical (unpaired) electrons. The summed E-state index contributed by atoms with van der Waals surface area (Å²) < 4.78 is 6.47. The quantitative estimate of drug-likeness (QED) is 0.372. The van der Waals surface area contributed by atoms with Crippen molar-refractivity contribution in [3.63, 3.8) is 0 Å². The molecule has 2 aromatic carbocycles. The van der Waals surface area contributed by atoms with Crippen molar-refractivity contribution in [2.24, 2.45) is 0 Å². The summed E-state index contributed by atoms with van der Waals surface area (Å²) in [5, 5.41) is 12.8. The van der Waals surface area contributed by atoms with Crippen molar-refractivity contribution >= 4 is 72.8 Å². The minimum atomic E-state index is -0.644. The van der Waals surface area contributed by atoms with Gasteiger partial charge < -0.3 is 9.84 Å². The lowest BCUT2D eigenvalue weighted by Crippen LogP contribution is -2.54. The fourth-order valence-corrected chi connectivity index (χ4v) is 3.65. The molecule has 1 saturated heterocycles. The Morgan fingerprint density at radius 2 is 1.93 bits per heavy atom. The average molecular weight is 512 g/mol. The summed E-state index contributed by atoms with van der Waals surface area (Å²) in [5.41, 5.74) is 0.585. The average Bonchev–Trinajstić information content (AvgIpc) is 2.61. The summed E-state index contributed by atoms with van der Waals surface area (Å²) in [4.78, 5) is 26.6. The number of anilines is 1. The van der Waals surface area contributed by atoms with Gasteiger partial charge in [0.05, 0.1) is 12.8 Å². The number of hydrogen-bond acceptors (Lipinski definition) is 5. The number of thiocarbonyl (C=S) groups is 1. The molecule has 1 aliphatic heterocycles. The molecule has 0 bridgehead atoms. The zero-order chi connectivity index (χ0) is 19.7. The fraction of sp³-hybridized carbons (Fsp3) is 0.0556. The van der Waals surface area contributed by atoms with E-state index in [1.807, 2.05) is 6.07 Å². The third kappa shape index (κ3) is 3.90. The van der Waals surface area contributed by atoms with Crippen LogP contribution in [0, 0.1) is 0 Å². The lowest BCUT2D eigenvalue weighted by atomic mass is 10.1. The van der Waals surface area contributed by atoms with Crippen molar-refractivity contribution < 1.29 is 19.4 Å². The van der Waals surface area contributed by atoms with E-state index in [1.54, 1.807) is 30.3 Å². The highest BCUT2D eigenvalue weighted by molar-refractivity contribution is 9.10. The number of amides is 2. The Hall–Kier alpha value is -2.23. The summed E-state index contributed by atoms with van der Waals surface area (Å²) in [6.45, 7) is 0. The van der Waals surface area contributed by atoms with Crippen LogP contribution in [0.3, 0.4) is 0 Å². The van der Waals surface area contributed by atoms with Gasteiger partial charge in [0.25, 0.3) is 11.8 Å². The topological polar surface area (TPSA) is 78.9 Å². The first-order chi connectivity index (χ1) is 12.8. The van der Waals surface area contributed by atoms with Crippen LogP contribution >= 0.6 is 44.1 Å². The van der Waals surface area contributed by atoms with Crippen molar-refractivity contribution in [1.29, 1.82) is 0 Å². The van der Waals surface area contributed by atoms with E-state index in [0.717, 1.165) is 4.47 Å². The number of carbonyl (C=O) groups excluding carboxylic acids is 2. The molecule has 0 unspecified atom stereocenters. The molecule has 2 aromatic rings. The molecule has 3 rings (SSSR count). The molecule has 0 saturated carbocycles. The van der Waals surface area contributed by atoms with E-state index in [9.17, 15) is 14.7 Å². The molecule has 1 heterocycles. The van der Waals surface area contributed by atoms with Crippen LogP contribution in [0.4, 0.5) is 5.69 Å². The summed E-state index contributed by atoms with van der Waals surface area (Å²) in [6.07, 6.45) is 1.30. The normalized spacial score (nSPS) is 15.9. The Morgan fingerprint density at radius 1 is 1.19 bits per heavy atom. The number of carbonyl (C=O) groups is 2. The van der Waals surface area contributed by atoms with Gasteiger partial charge in [-0.25, -0.2) is 0 Å². The molecule has 0 aliphatic carbocycles. The molecular weight excluding hydrogens is 500 g/mol. The molecular formula is C18H12Br2N2O4S. The van der Waals surface area contributed by atoms with Crippen LogP contribution in [-0.4, -0.2) is 29.1 Å². The van der Waals surface area contributed by atoms with Crippen LogP contribution in [0.5, 0.6) is 11.5 Å². The first-order valence-electron chi connectivity index (χ1n) is 7.55. The van der Waals surface area contributed by atoms with E-state index >= 15 is 0 Å². The Labute approximate surface area is 177 Å². The standard InChI is InChI=1S/C18H12Br2N2O4S/c1-26-14-8-11(20)5-9(15(14)23)6-13-16(24)21-18(27)22(17(13)25)12-4-2-3-10(19)7-12/h2-8,23H,1H3,(H,21,24,27)/b13-6-. The number of aromatic hydroxyl groups is 1. The van der Waals surface area contributed by atoms with E-state index < -0.39 is 11.8 Å². The Balaban J connectivity index is 2.09. The number of benzene rings is 2. The van der Waals surface area contributed by atoms with Gasteiger partial charge in [-0.2, -0.15) is 0 Å². The first kappa shape index (κ1) is 19.5. The second-order valence-electron chi connectivity index (χ2n) is 5.48. The number of phenolic OH excluding ortho intramolecular Hbond substituents is 1. The number of phenols is 1. The van der Waals surface area contributed by atoms with Gasteiger partial charge in [-0.1, -0.05) is 37.9 Å². The summed E-state index contributed by atoms with van der Waals surface area (Å²) in [7, 11) is 1.41. The number of methoxy groups -OCH3 is 1. The maximum absolute atomic E-state index is 13.0. The van der Waals surface area contributed by atoms with Gasteiger partial charge >= 0.3 is 0 Å². The van der Waals surface area contributed by atoms with Gasteiger partial charge in [0.15, 0.2) is 16.6 Å². The van der Waals surface area contributed by atoms with Gasteiger partial charge in [-0.15, -0.1) is 0 Å². The molecule has 2 N–H and O–H groups in total. The minimum Gasteiger partial charge on any atom is -0.504 e. The molecule has 27 heavy (non-hydrogen) atoms. The molecule has 138 valence electrons. The van der Waals surface area contributed by atoms with E-state index in [1.165, 1.54) is 18.1 Å². The van der Waals surface area contributed by atoms with Crippen LogP contribution in [0.15, 0.2) is 50.9 Å². The highest BCUT2D eigenvalue weighted by Gasteiger charge is 2.34. The molecule has 2 amide bonds. The van der Waals surface area contributed by atoms with Crippen LogP contribution in [0.25, 0.3) is 6.08 Å². The minimum absolute atomic E-state index is 0.0173. The predicted octanol–water partition coefficient (Wildman–Crippen LogP) is 3.76. The predicted molar refractivity (Wildman–Crippen MR) is 113 cm³/mol. The van der Waals surface area contributed by atoms with Crippen LogP contribution < -0.4 is 15.0 Å². The maximum atomic E-state index is 13.0. The van der Waals surface area contributed by atoms with Gasteiger partial charge in [-0.05, 0) is 48.6 Å². The van der Waals surface area contributed by atoms with Gasteiger partial charge in [0, 0.05) is 14.5 Å². The van der Waals surface area contributed by atoms with E-state index in [2.05, 4.69) is 37.2 Å². The largest absolute Gasteiger partial charge is 0.504 e. The lowest BCUT2D eigenvalue weighted by Gasteiger charge is -2.29. The molecule has 1 fully saturated rings. The fourth-order valence-electron chi connectivity index (χ4n) is 2.52. The highest BCUT2D eigenvalue weighted by atomic mass is 79.9. The third-order valence-electron chi connectivity index (χ3n) is 3.76. The SMILES string of the molecule is COc1cc(Br)cc(/C=C2/C(=O)NC(=S)N(c3cccc(Br)c3)C2=O)c1O. The molecule has 1 aliphatic rings. The Kier molecular flexibility index (Phi) is 5.64. The van der Waals surface area contributed by atoms with Crippen molar-refractivity contribution in [3.05, 3.63) is 56.5 Å². The number of nitrogens with one attached hydrogen (secondary N) is 1. The molecule has 6 nitrogen and oxygen atoms in total. The number of nitrogens with zero attached hydrogens (tertiary/aromatic N) is 1. The van der Waals surface area contributed by atoms with E-state index in [0.29, 0.717) is 10.2 Å². The van der Waals surface area contributed by atoms with Gasteiger partial charge in [0.2, 0.25) is 0 Å². The van der Waals surface area contributed by atoms with Crippen molar-refractivity contribution in [2.45, 2.75) is 0 Å². The van der Waals surface area contributed by atoms with Crippen LogP contribution in [0.2, 0.25) is 0 Å². The monoisotopic (exact) mass is 510 g/mol. The van der Waals surface area contributed by atoms with Crippen molar-refractivity contribution in [2.75, 3.05) is 12.0 Å². The molecule has 9 heteroatoms. The molecule has 0 spiro atoms. The van der Waals surface area contributed by atoms with Crippen molar-refractivity contribution in [3.8, 4) is 11.5 Å². The van der Waals surface area contributed by atoms with E-state index in [4.69, 9.17) is 17.0 Å². The number of halogens is 2. The van der Waals surface area contributed by atoms with Crippen LogP contribution in [0.1, 0.15) is 5.56 Å². The first-order valence-corrected chi connectivity index (χ1v) is 9.54. The Bertz CT molecular complexity index is 1010. The summed E-state index contributed by atoms with van der Waals surface area (Å²) in [5.74, 6) is -1.22. The second kappa shape index (κ2) is 7.79. The van der Waals surface area contributed by atoms with E-state index in [-0.39, 0.29) is 27.7 Å². The summed E-state index contributed by atoms with van der Waals surface area (Å²) >= 11 is 11.8. The highest BCUT2D eigenvalue weighted by Crippen LogP contribution is 2.35. The summed E-state index contributed by atoms with van der Waals surface area (Å²) in [6, 6.07) is 10.1. The number of hydrogen-bond donors (Lipinski definition) is 2. The second-order valence-corrected chi connectivity index (χ2v) is 7.70. The lowest BCUT2D eigenvalue weighted by molar-refractivity contribution is -0.122. The van der Waals surface area contributed by atoms with Crippen LogP contribution in [-0.2, 0) is 9.59 Å². The smallest absolute Gasteiger partial charge is 0.270 e. The van der Waals surface area contributed by atoms with Gasteiger partial charge in [0.1, 0.15) is 5.57 Å². The Morgan fingerprint density at radius 3 is 2.59 bits per heavy atom. The number of rotatable bonds is 3. The zero-order valence-electron chi connectivity index (χ0n) is 13.8. The zero-order valence-corrected chi connectivity index (χ0v) is 17.8. The van der Waals surface area contributed by atoms with Crippen molar-refractivity contribution in [1.82, 2.24) is 5.32 Å². The third-order valence-corrected chi connectivity index (χ3v) is 4.99. The maximum Gasteiger partial charge on any atom is 0.270 e.